The lowest BCUT2D eigenvalue weighted by Gasteiger charge is -2.15. The van der Waals surface area contributed by atoms with Crippen LogP contribution in [-0.4, -0.2) is 29.0 Å². The molecule has 0 radical (unpaired) electrons. The normalized spacial score (nSPS) is 12.2. The molecule has 1 heterocycles. The van der Waals surface area contributed by atoms with Crippen molar-refractivity contribution in [1.82, 2.24) is 9.97 Å². The highest BCUT2D eigenvalue weighted by molar-refractivity contribution is 6.17. The number of anilines is 1. The molecule has 19 heavy (non-hydrogen) atoms. The Hall–Kier alpha value is -1.03. The molecule has 1 aromatic heterocycles. The van der Waals surface area contributed by atoms with Gasteiger partial charge < -0.3 is 10.1 Å². The molecule has 4 nitrogen and oxygen atoms in total. The molecule has 5 heteroatoms. The minimum atomic E-state index is 0.557. The number of halogens is 1. The Bertz CT molecular complexity index is 374. The van der Waals surface area contributed by atoms with E-state index in [1.165, 1.54) is 0 Å². The predicted octanol–water partition coefficient (Wildman–Crippen LogP) is 3.64. The van der Waals surface area contributed by atoms with E-state index in [1.54, 1.807) is 0 Å². The summed E-state index contributed by atoms with van der Waals surface area (Å²) >= 11 is 5.79. The van der Waals surface area contributed by atoms with Gasteiger partial charge in [0.15, 0.2) is 0 Å². The summed E-state index contributed by atoms with van der Waals surface area (Å²) in [4.78, 5) is 8.73. The number of rotatable bonds is 9. The Morgan fingerprint density at radius 2 is 2.16 bits per heavy atom. The van der Waals surface area contributed by atoms with E-state index in [9.17, 15) is 0 Å². The van der Waals surface area contributed by atoms with Crippen LogP contribution in [0.4, 0.5) is 5.95 Å². The smallest absolute Gasteiger partial charge is 0.226 e. The zero-order chi connectivity index (χ0) is 14.1. The van der Waals surface area contributed by atoms with E-state index in [2.05, 4.69) is 29.1 Å². The van der Waals surface area contributed by atoms with Crippen LogP contribution in [0.2, 0.25) is 0 Å². The first-order valence-corrected chi connectivity index (χ1v) is 7.51. The second-order valence-corrected chi connectivity index (χ2v) is 5.03. The molecule has 0 saturated heterocycles. The van der Waals surface area contributed by atoms with Gasteiger partial charge in [0.2, 0.25) is 11.8 Å². The minimum Gasteiger partial charge on any atom is -0.478 e. The first-order valence-electron chi connectivity index (χ1n) is 6.97. The summed E-state index contributed by atoms with van der Waals surface area (Å²) < 4.78 is 5.55. The fourth-order valence-electron chi connectivity index (χ4n) is 1.74. The van der Waals surface area contributed by atoms with Gasteiger partial charge in [-0.2, -0.15) is 4.98 Å². The molecule has 0 aliphatic rings. The maximum Gasteiger partial charge on any atom is 0.226 e. The van der Waals surface area contributed by atoms with Gasteiger partial charge in [-0.05, 0) is 25.7 Å². The van der Waals surface area contributed by atoms with Crippen LogP contribution in [0.1, 0.15) is 38.8 Å². The molecule has 1 unspecified atom stereocenters. The van der Waals surface area contributed by atoms with E-state index in [-0.39, 0.29) is 0 Å². The van der Waals surface area contributed by atoms with Gasteiger partial charge in [0.05, 0.1) is 6.61 Å². The summed E-state index contributed by atoms with van der Waals surface area (Å²) in [5.74, 6) is 2.53. The number of hydrogen-bond acceptors (Lipinski definition) is 4. The predicted molar refractivity (Wildman–Crippen MR) is 80.2 cm³/mol. The van der Waals surface area contributed by atoms with Crippen molar-refractivity contribution in [1.29, 1.82) is 0 Å². The number of nitrogens with one attached hydrogen (secondary N) is 1. The lowest BCUT2D eigenvalue weighted by atomic mass is 10.0. The lowest BCUT2D eigenvalue weighted by molar-refractivity contribution is 0.305. The first-order chi connectivity index (χ1) is 9.19. The SMILES string of the molecule is CCCOc1cc(C)nc(NCC(CC)CCCl)n1. The Morgan fingerprint density at radius 3 is 2.79 bits per heavy atom. The quantitative estimate of drug-likeness (QED) is 0.704. The highest BCUT2D eigenvalue weighted by Gasteiger charge is 2.08. The topological polar surface area (TPSA) is 47.0 Å². The van der Waals surface area contributed by atoms with Crippen molar-refractivity contribution in [2.75, 3.05) is 24.3 Å². The van der Waals surface area contributed by atoms with Crippen molar-refractivity contribution < 1.29 is 4.74 Å². The van der Waals surface area contributed by atoms with Crippen molar-refractivity contribution in [2.45, 2.75) is 40.0 Å². The van der Waals surface area contributed by atoms with Gasteiger partial charge in [0, 0.05) is 24.2 Å². The van der Waals surface area contributed by atoms with E-state index in [1.807, 2.05) is 13.0 Å². The number of alkyl halides is 1. The van der Waals surface area contributed by atoms with Gasteiger partial charge in [0.25, 0.3) is 0 Å². The molecule has 0 saturated carbocycles. The molecule has 1 rings (SSSR count). The number of hydrogen-bond donors (Lipinski definition) is 1. The Balaban J connectivity index is 2.59. The molecule has 1 N–H and O–H groups in total. The van der Waals surface area contributed by atoms with Crippen LogP contribution in [0, 0.1) is 12.8 Å². The summed E-state index contributed by atoms with van der Waals surface area (Å²) in [7, 11) is 0. The molecular formula is C14H24ClN3O. The van der Waals surface area contributed by atoms with Gasteiger partial charge in [-0.25, -0.2) is 4.98 Å². The van der Waals surface area contributed by atoms with Gasteiger partial charge in [-0.15, -0.1) is 11.6 Å². The molecule has 0 aliphatic heterocycles. The minimum absolute atomic E-state index is 0.557. The van der Waals surface area contributed by atoms with E-state index in [0.29, 0.717) is 30.2 Å². The molecule has 1 aromatic rings. The van der Waals surface area contributed by atoms with Crippen LogP contribution >= 0.6 is 11.6 Å². The molecule has 0 bridgehead atoms. The highest BCUT2D eigenvalue weighted by atomic mass is 35.5. The van der Waals surface area contributed by atoms with Gasteiger partial charge in [-0.3, -0.25) is 0 Å². The number of ether oxygens (including phenoxy) is 1. The molecule has 1 atom stereocenters. The zero-order valence-corrected chi connectivity index (χ0v) is 12.8. The summed E-state index contributed by atoms with van der Waals surface area (Å²) in [6.45, 7) is 7.72. The molecule has 108 valence electrons. The summed E-state index contributed by atoms with van der Waals surface area (Å²) in [5.41, 5.74) is 0.911. The van der Waals surface area contributed by atoms with Crippen LogP contribution in [0.5, 0.6) is 5.88 Å². The number of nitrogens with zero attached hydrogens (tertiary/aromatic N) is 2. The summed E-state index contributed by atoms with van der Waals surface area (Å²) in [5, 5.41) is 3.28. The monoisotopic (exact) mass is 285 g/mol. The van der Waals surface area contributed by atoms with Crippen LogP contribution < -0.4 is 10.1 Å². The molecule has 0 aromatic carbocycles. The van der Waals surface area contributed by atoms with Gasteiger partial charge in [-0.1, -0.05) is 20.3 Å². The van der Waals surface area contributed by atoms with Crippen LogP contribution in [0.3, 0.4) is 0 Å². The third-order valence-electron chi connectivity index (χ3n) is 2.93. The van der Waals surface area contributed by atoms with Crippen molar-refractivity contribution in [3.05, 3.63) is 11.8 Å². The Morgan fingerprint density at radius 1 is 1.37 bits per heavy atom. The zero-order valence-electron chi connectivity index (χ0n) is 12.1. The highest BCUT2D eigenvalue weighted by Crippen LogP contribution is 2.14. The number of aryl methyl sites for hydroxylation is 1. The maximum absolute atomic E-state index is 5.79. The average Bonchev–Trinajstić information content (AvgIpc) is 2.40. The van der Waals surface area contributed by atoms with Crippen molar-refractivity contribution in [2.24, 2.45) is 5.92 Å². The third-order valence-corrected chi connectivity index (χ3v) is 3.15. The second-order valence-electron chi connectivity index (χ2n) is 4.65. The van der Waals surface area contributed by atoms with Crippen molar-refractivity contribution in [3.8, 4) is 5.88 Å². The van der Waals surface area contributed by atoms with E-state index in [0.717, 1.165) is 31.5 Å². The summed E-state index contributed by atoms with van der Waals surface area (Å²) in [6.07, 6.45) is 3.08. The van der Waals surface area contributed by atoms with Gasteiger partial charge >= 0.3 is 0 Å². The van der Waals surface area contributed by atoms with Crippen molar-refractivity contribution >= 4 is 17.5 Å². The van der Waals surface area contributed by atoms with Crippen molar-refractivity contribution in [3.63, 3.8) is 0 Å². The maximum atomic E-state index is 5.79. The number of aromatic nitrogens is 2. The van der Waals surface area contributed by atoms with E-state index < -0.39 is 0 Å². The van der Waals surface area contributed by atoms with Crippen LogP contribution in [0.15, 0.2) is 6.07 Å². The van der Waals surface area contributed by atoms with Crippen LogP contribution in [0.25, 0.3) is 0 Å². The Labute approximate surface area is 120 Å². The molecule has 0 spiro atoms. The molecular weight excluding hydrogens is 262 g/mol. The Kier molecular flexibility index (Phi) is 7.56. The largest absolute Gasteiger partial charge is 0.478 e. The molecule has 0 fully saturated rings. The first kappa shape index (κ1) is 16.0. The summed E-state index contributed by atoms with van der Waals surface area (Å²) in [6, 6.07) is 1.86. The van der Waals surface area contributed by atoms with Crippen LogP contribution in [-0.2, 0) is 0 Å². The van der Waals surface area contributed by atoms with E-state index >= 15 is 0 Å². The molecule has 0 amide bonds. The third kappa shape index (κ3) is 6.10. The second kappa shape index (κ2) is 8.97. The molecule has 0 aliphatic carbocycles. The lowest BCUT2D eigenvalue weighted by Crippen LogP contribution is -2.16. The van der Waals surface area contributed by atoms with E-state index in [4.69, 9.17) is 16.3 Å². The fraction of sp³-hybridized carbons (Fsp3) is 0.714. The standard InChI is InChI=1S/C14H24ClN3O/c1-4-8-19-13-9-11(3)17-14(18-13)16-10-12(5-2)6-7-15/h9,12H,4-8,10H2,1-3H3,(H,16,17,18). The average molecular weight is 286 g/mol. The fourth-order valence-corrected chi connectivity index (χ4v) is 2.05. The van der Waals surface area contributed by atoms with Gasteiger partial charge in [0.1, 0.15) is 0 Å².